The summed E-state index contributed by atoms with van der Waals surface area (Å²) in [5.74, 6) is 6.04. The Morgan fingerprint density at radius 1 is 1.46 bits per heavy atom. The zero-order valence-corrected chi connectivity index (χ0v) is 8.43. The third-order valence-corrected chi connectivity index (χ3v) is 2.06. The van der Waals surface area contributed by atoms with Gasteiger partial charge >= 0.3 is 0 Å². The average Bonchev–Trinajstić information content (AvgIpc) is 2.62. The average molecular weight is 235 g/mol. The fourth-order valence-corrected chi connectivity index (χ4v) is 1.35. The molecule has 1 heterocycles. The standard InChI is InChI=1S/C10H7BrN2/c11-6-2-4-8-3-1-5-10-9(8)7-12-13-10/h1,3,5,7H,6H2,(H,12,13). The Morgan fingerprint density at radius 3 is 3.23 bits per heavy atom. The second-order valence-electron chi connectivity index (χ2n) is 2.57. The number of benzene rings is 1. The lowest BCUT2D eigenvalue weighted by Crippen LogP contribution is -1.75. The van der Waals surface area contributed by atoms with E-state index >= 15 is 0 Å². The topological polar surface area (TPSA) is 28.7 Å². The minimum Gasteiger partial charge on any atom is -0.278 e. The van der Waals surface area contributed by atoms with Crippen molar-refractivity contribution in [2.75, 3.05) is 5.33 Å². The van der Waals surface area contributed by atoms with Gasteiger partial charge in [-0.25, -0.2) is 0 Å². The number of nitrogens with zero attached hydrogens (tertiary/aromatic N) is 1. The molecule has 0 atom stereocenters. The molecule has 0 aliphatic carbocycles. The van der Waals surface area contributed by atoms with Gasteiger partial charge in [-0.3, -0.25) is 5.10 Å². The van der Waals surface area contributed by atoms with Crippen molar-refractivity contribution in [3.63, 3.8) is 0 Å². The van der Waals surface area contributed by atoms with E-state index in [-0.39, 0.29) is 0 Å². The van der Waals surface area contributed by atoms with Crippen LogP contribution >= 0.6 is 15.9 Å². The van der Waals surface area contributed by atoms with Gasteiger partial charge in [-0.15, -0.1) is 0 Å². The Hall–Kier alpha value is -1.27. The molecule has 2 nitrogen and oxygen atoms in total. The second kappa shape index (κ2) is 3.63. The minimum atomic E-state index is 0.696. The SMILES string of the molecule is BrCC#Cc1cccc2[nH]ncc12. The molecule has 64 valence electrons. The van der Waals surface area contributed by atoms with Crippen molar-refractivity contribution in [3.05, 3.63) is 30.0 Å². The Bertz CT molecular complexity index is 476. The van der Waals surface area contributed by atoms with E-state index in [1.54, 1.807) is 6.20 Å². The molecule has 2 rings (SSSR count). The van der Waals surface area contributed by atoms with Gasteiger partial charge in [0.15, 0.2) is 0 Å². The van der Waals surface area contributed by atoms with Crippen molar-refractivity contribution in [2.24, 2.45) is 0 Å². The first-order valence-corrected chi connectivity index (χ1v) is 5.01. The van der Waals surface area contributed by atoms with E-state index in [1.165, 1.54) is 0 Å². The van der Waals surface area contributed by atoms with Gasteiger partial charge in [0.2, 0.25) is 0 Å². The lowest BCUT2D eigenvalue weighted by molar-refractivity contribution is 1.12. The summed E-state index contributed by atoms with van der Waals surface area (Å²) < 4.78 is 0. The number of hydrogen-bond acceptors (Lipinski definition) is 1. The molecular formula is C10H7BrN2. The largest absolute Gasteiger partial charge is 0.278 e. The molecular weight excluding hydrogens is 228 g/mol. The van der Waals surface area contributed by atoms with Gasteiger partial charge in [0, 0.05) is 10.9 Å². The van der Waals surface area contributed by atoms with Crippen LogP contribution in [0.25, 0.3) is 10.9 Å². The highest BCUT2D eigenvalue weighted by molar-refractivity contribution is 9.09. The highest BCUT2D eigenvalue weighted by Gasteiger charge is 1.97. The summed E-state index contributed by atoms with van der Waals surface area (Å²) in [4.78, 5) is 0. The normalized spacial score (nSPS) is 9.62. The maximum absolute atomic E-state index is 3.97. The Kier molecular flexibility index (Phi) is 2.33. The van der Waals surface area contributed by atoms with Crippen LogP contribution in [0.15, 0.2) is 24.4 Å². The van der Waals surface area contributed by atoms with Crippen molar-refractivity contribution in [1.29, 1.82) is 0 Å². The van der Waals surface area contributed by atoms with Crippen LogP contribution in [0, 0.1) is 11.8 Å². The number of rotatable bonds is 0. The number of aromatic amines is 1. The van der Waals surface area contributed by atoms with Crippen molar-refractivity contribution < 1.29 is 0 Å². The molecule has 0 fully saturated rings. The van der Waals surface area contributed by atoms with Crippen LogP contribution < -0.4 is 0 Å². The van der Waals surface area contributed by atoms with Gasteiger partial charge in [0.1, 0.15) is 0 Å². The summed E-state index contributed by atoms with van der Waals surface area (Å²) in [6, 6.07) is 5.95. The van der Waals surface area contributed by atoms with Crippen LogP contribution in [-0.2, 0) is 0 Å². The summed E-state index contributed by atoms with van der Waals surface area (Å²) in [6.07, 6.45) is 1.80. The van der Waals surface area contributed by atoms with E-state index in [2.05, 4.69) is 38.0 Å². The number of H-pyrrole nitrogens is 1. The number of nitrogens with one attached hydrogen (secondary N) is 1. The molecule has 0 radical (unpaired) electrons. The minimum absolute atomic E-state index is 0.696. The quantitative estimate of drug-likeness (QED) is 0.550. The van der Waals surface area contributed by atoms with Crippen molar-refractivity contribution in [1.82, 2.24) is 10.2 Å². The molecule has 0 unspecified atom stereocenters. The number of hydrogen-bond donors (Lipinski definition) is 1. The van der Waals surface area contributed by atoms with E-state index < -0.39 is 0 Å². The van der Waals surface area contributed by atoms with Crippen LogP contribution in [0.4, 0.5) is 0 Å². The zero-order chi connectivity index (χ0) is 9.10. The second-order valence-corrected chi connectivity index (χ2v) is 3.13. The van der Waals surface area contributed by atoms with Gasteiger partial charge in [-0.1, -0.05) is 33.8 Å². The van der Waals surface area contributed by atoms with E-state index in [1.807, 2.05) is 18.2 Å². The van der Waals surface area contributed by atoms with Crippen LogP contribution in [0.2, 0.25) is 0 Å². The van der Waals surface area contributed by atoms with Crippen LogP contribution in [-0.4, -0.2) is 15.5 Å². The third kappa shape index (κ3) is 1.58. The molecule has 3 heteroatoms. The predicted octanol–water partition coefficient (Wildman–Crippen LogP) is 2.31. The fraction of sp³-hybridized carbons (Fsp3) is 0.100. The number of fused-ring (bicyclic) bond motifs is 1. The summed E-state index contributed by atoms with van der Waals surface area (Å²) in [5, 5.41) is 8.65. The molecule has 0 spiro atoms. The smallest absolute Gasteiger partial charge is 0.0662 e. The molecule has 0 saturated carbocycles. The molecule has 0 amide bonds. The van der Waals surface area contributed by atoms with Gasteiger partial charge < -0.3 is 0 Å². The van der Waals surface area contributed by atoms with E-state index in [0.29, 0.717) is 5.33 Å². The summed E-state index contributed by atoms with van der Waals surface area (Å²) in [5.41, 5.74) is 2.05. The van der Waals surface area contributed by atoms with Crippen molar-refractivity contribution >= 4 is 26.8 Å². The Labute approximate surface area is 84.5 Å². The molecule has 0 aliphatic heterocycles. The zero-order valence-electron chi connectivity index (χ0n) is 6.84. The Balaban J connectivity index is 2.61. The van der Waals surface area contributed by atoms with E-state index in [0.717, 1.165) is 16.5 Å². The number of alkyl halides is 1. The first-order valence-electron chi connectivity index (χ1n) is 3.89. The molecule has 2 aromatic rings. The van der Waals surface area contributed by atoms with Gasteiger partial charge in [0.25, 0.3) is 0 Å². The van der Waals surface area contributed by atoms with Crippen LogP contribution in [0.5, 0.6) is 0 Å². The summed E-state index contributed by atoms with van der Waals surface area (Å²) in [7, 11) is 0. The van der Waals surface area contributed by atoms with Gasteiger partial charge in [0.05, 0.1) is 17.0 Å². The highest BCUT2D eigenvalue weighted by atomic mass is 79.9. The van der Waals surface area contributed by atoms with Crippen molar-refractivity contribution in [2.45, 2.75) is 0 Å². The van der Waals surface area contributed by atoms with E-state index in [9.17, 15) is 0 Å². The highest BCUT2D eigenvalue weighted by Crippen LogP contribution is 2.14. The maximum atomic E-state index is 3.97. The molecule has 1 aromatic carbocycles. The number of halogens is 1. The lowest BCUT2D eigenvalue weighted by atomic mass is 10.1. The first kappa shape index (κ1) is 8.33. The fourth-order valence-electron chi connectivity index (χ4n) is 1.21. The maximum Gasteiger partial charge on any atom is 0.0662 e. The molecule has 0 aliphatic rings. The van der Waals surface area contributed by atoms with Gasteiger partial charge in [-0.05, 0) is 12.1 Å². The molecule has 1 aromatic heterocycles. The Morgan fingerprint density at radius 2 is 2.38 bits per heavy atom. The third-order valence-electron chi connectivity index (χ3n) is 1.77. The first-order chi connectivity index (χ1) is 6.42. The monoisotopic (exact) mass is 234 g/mol. The summed E-state index contributed by atoms with van der Waals surface area (Å²) >= 11 is 3.26. The van der Waals surface area contributed by atoms with E-state index in [4.69, 9.17) is 0 Å². The predicted molar refractivity (Wildman–Crippen MR) is 56.8 cm³/mol. The molecule has 1 N–H and O–H groups in total. The number of aromatic nitrogens is 2. The molecule has 0 saturated heterocycles. The van der Waals surface area contributed by atoms with Gasteiger partial charge in [-0.2, -0.15) is 5.10 Å². The lowest BCUT2D eigenvalue weighted by Gasteiger charge is -1.91. The molecule has 13 heavy (non-hydrogen) atoms. The molecule has 0 bridgehead atoms. The van der Waals surface area contributed by atoms with Crippen LogP contribution in [0.1, 0.15) is 5.56 Å². The van der Waals surface area contributed by atoms with Crippen LogP contribution in [0.3, 0.4) is 0 Å². The summed E-state index contributed by atoms with van der Waals surface area (Å²) in [6.45, 7) is 0. The van der Waals surface area contributed by atoms with Crippen molar-refractivity contribution in [3.8, 4) is 11.8 Å².